The number of carbonyl (C=O) groups excluding carboxylic acids is 1. The molecule has 152 valence electrons. The Morgan fingerprint density at radius 3 is 2.68 bits per heavy atom. The first-order valence-electron chi connectivity index (χ1n) is 8.72. The Morgan fingerprint density at radius 1 is 1.25 bits per heavy atom. The van der Waals surface area contributed by atoms with Gasteiger partial charge >= 0.3 is 6.18 Å². The highest BCUT2D eigenvalue weighted by Gasteiger charge is 2.51. The van der Waals surface area contributed by atoms with Crippen molar-refractivity contribution in [3.63, 3.8) is 0 Å². The van der Waals surface area contributed by atoms with E-state index in [1.165, 1.54) is 23.1 Å². The summed E-state index contributed by atoms with van der Waals surface area (Å²) in [7, 11) is -3.37. The lowest BCUT2D eigenvalue weighted by Gasteiger charge is -2.27. The molecule has 0 aliphatic carbocycles. The molecule has 4 rings (SSSR count). The average molecular weight is 434 g/mol. The number of para-hydroxylation sites is 1. The highest BCUT2D eigenvalue weighted by Crippen LogP contribution is 2.45. The van der Waals surface area contributed by atoms with Gasteiger partial charge in [-0.05, 0) is 25.0 Å². The zero-order chi connectivity index (χ0) is 20.1. The molecular formula is C17H17F3N2O4S2. The highest BCUT2D eigenvalue weighted by atomic mass is 32.2. The lowest BCUT2D eigenvalue weighted by atomic mass is 10.1. The summed E-state index contributed by atoms with van der Waals surface area (Å²) in [6, 6.07) is 4.24. The van der Waals surface area contributed by atoms with E-state index in [4.69, 9.17) is 4.74 Å². The zero-order valence-electron chi connectivity index (χ0n) is 14.6. The lowest BCUT2D eigenvalue weighted by molar-refractivity contribution is -0.137. The molecule has 28 heavy (non-hydrogen) atoms. The average Bonchev–Trinajstić information content (AvgIpc) is 3.28. The predicted octanol–water partition coefficient (Wildman–Crippen LogP) is 2.49. The number of anilines is 1. The van der Waals surface area contributed by atoms with Crippen molar-refractivity contribution >= 4 is 38.4 Å². The molecule has 0 aromatic heterocycles. The first kappa shape index (κ1) is 19.7. The van der Waals surface area contributed by atoms with Crippen molar-refractivity contribution in [2.75, 3.05) is 23.0 Å². The van der Waals surface area contributed by atoms with Gasteiger partial charge in [-0.2, -0.15) is 18.2 Å². The summed E-state index contributed by atoms with van der Waals surface area (Å²) in [5.41, 5.74) is -1.08. The van der Waals surface area contributed by atoms with Gasteiger partial charge in [-0.1, -0.05) is 23.9 Å². The van der Waals surface area contributed by atoms with Crippen LogP contribution in [0.1, 0.15) is 18.4 Å². The molecule has 0 spiro atoms. The van der Waals surface area contributed by atoms with Crippen LogP contribution >= 0.6 is 11.8 Å². The third kappa shape index (κ3) is 3.67. The topological polar surface area (TPSA) is 76.0 Å². The Morgan fingerprint density at radius 2 is 2.00 bits per heavy atom. The van der Waals surface area contributed by atoms with Crippen LogP contribution in [0.5, 0.6) is 0 Å². The van der Waals surface area contributed by atoms with E-state index in [1.807, 2.05) is 0 Å². The van der Waals surface area contributed by atoms with Crippen LogP contribution in [-0.4, -0.2) is 55.0 Å². The van der Waals surface area contributed by atoms with Gasteiger partial charge in [-0.3, -0.25) is 4.79 Å². The standard InChI is InChI=1S/C17H17F3N2O4S2/c18-17(19,20)10-4-1-2-5-11(10)22-12-8-28(24,25)9-14(12)27-16(22)21-15(23)13-6-3-7-26-13/h1-2,4-5,12-14H,3,6-9H2/t12-,13-,14-/m0/s1. The van der Waals surface area contributed by atoms with Crippen molar-refractivity contribution in [3.05, 3.63) is 29.8 Å². The van der Waals surface area contributed by atoms with E-state index in [9.17, 15) is 26.4 Å². The summed E-state index contributed by atoms with van der Waals surface area (Å²) in [6.45, 7) is 0.443. The maximum Gasteiger partial charge on any atom is 0.418 e. The minimum atomic E-state index is -4.62. The second kappa shape index (κ2) is 7.03. The highest BCUT2D eigenvalue weighted by molar-refractivity contribution is 8.16. The molecule has 3 saturated heterocycles. The van der Waals surface area contributed by atoms with Gasteiger partial charge in [0.1, 0.15) is 6.10 Å². The number of amidine groups is 1. The number of amides is 1. The molecule has 1 aromatic carbocycles. The lowest BCUT2D eigenvalue weighted by Crippen LogP contribution is -2.39. The molecule has 0 radical (unpaired) electrons. The van der Waals surface area contributed by atoms with E-state index in [-0.39, 0.29) is 22.4 Å². The fourth-order valence-electron chi connectivity index (χ4n) is 3.71. The molecule has 0 N–H and O–H groups in total. The van der Waals surface area contributed by atoms with Gasteiger partial charge in [-0.15, -0.1) is 0 Å². The number of ether oxygens (including phenoxy) is 1. The number of carbonyl (C=O) groups is 1. The second-order valence-corrected chi connectivity index (χ2v) is 10.3. The fourth-order valence-corrected chi connectivity index (χ4v) is 7.62. The van der Waals surface area contributed by atoms with Crippen molar-refractivity contribution in [3.8, 4) is 0 Å². The molecular weight excluding hydrogens is 417 g/mol. The van der Waals surface area contributed by atoms with Crippen molar-refractivity contribution in [2.24, 2.45) is 4.99 Å². The normalized spacial score (nSPS) is 30.8. The molecule has 3 fully saturated rings. The molecule has 6 nitrogen and oxygen atoms in total. The van der Waals surface area contributed by atoms with E-state index < -0.39 is 44.9 Å². The Kier molecular flexibility index (Phi) is 4.95. The number of rotatable bonds is 2. The third-order valence-corrected chi connectivity index (χ3v) is 8.16. The maximum absolute atomic E-state index is 13.6. The van der Waals surface area contributed by atoms with Crippen LogP contribution in [0.15, 0.2) is 29.3 Å². The summed E-state index contributed by atoms with van der Waals surface area (Å²) < 4.78 is 70.1. The van der Waals surface area contributed by atoms with Gasteiger partial charge in [0.25, 0.3) is 5.91 Å². The van der Waals surface area contributed by atoms with Gasteiger partial charge in [0.15, 0.2) is 15.0 Å². The first-order chi connectivity index (χ1) is 13.2. The number of nitrogens with zero attached hydrogens (tertiary/aromatic N) is 2. The van der Waals surface area contributed by atoms with Crippen molar-refractivity contribution in [2.45, 2.75) is 36.4 Å². The van der Waals surface area contributed by atoms with Crippen LogP contribution in [0.4, 0.5) is 18.9 Å². The number of sulfone groups is 1. The van der Waals surface area contributed by atoms with Gasteiger partial charge in [0.2, 0.25) is 0 Å². The van der Waals surface area contributed by atoms with Crippen LogP contribution in [0, 0.1) is 0 Å². The van der Waals surface area contributed by atoms with Crippen LogP contribution in [0.2, 0.25) is 0 Å². The van der Waals surface area contributed by atoms with Gasteiger partial charge in [0.05, 0.1) is 28.8 Å². The van der Waals surface area contributed by atoms with E-state index in [1.54, 1.807) is 0 Å². The summed E-state index contributed by atoms with van der Waals surface area (Å²) in [5, 5.41) is -0.371. The van der Waals surface area contributed by atoms with Crippen LogP contribution in [0.3, 0.4) is 0 Å². The Labute approximate surface area is 164 Å². The number of thioether (sulfide) groups is 1. The largest absolute Gasteiger partial charge is 0.418 e. The number of halogens is 3. The summed E-state index contributed by atoms with van der Waals surface area (Å²) >= 11 is 1.05. The number of benzene rings is 1. The van der Waals surface area contributed by atoms with Gasteiger partial charge < -0.3 is 9.64 Å². The first-order valence-corrected chi connectivity index (χ1v) is 11.4. The van der Waals surface area contributed by atoms with Gasteiger partial charge in [-0.25, -0.2) is 8.42 Å². The van der Waals surface area contributed by atoms with Crippen molar-refractivity contribution in [1.82, 2.24) is 0 Å². The van der Waals surface area contributed by atoms with Crippen LogP contribution in [-0.2, 0) is 25.5 Å². The molecule has 3 aliphatic rings. The van der Waals surface area contributed by atoms with Crippen molar-refractivity contribution < 1.29 is 31.1 Å². The molecule has 0 unspecified atom stereocenters. The molecule has 1 amide bonds. The molecule has 11 heteroatoms. The van der Waals surface area contributed by atoms with Crippen LogP contribution < -0.4 is 4.90 Å². The third-order valence-electron chi connectivity index (χ3n) is 4.95. The number of hydrogen-bond acceptors (Lipinski definition) is 5. The van der Waals surface area contributed by atoms with Crippen molar-refractivity contribution in [1.29, 1.82) is 0 Å². The number of alkyl halides is 3. The van der Waals surface area contributed by atoms with E-state index in [0.717, 1.165) is 24.2 Å². The molecule has 1 aromatic rings. The smallest absolute Gasteiger partial charge is 0.368 e. The predicted molar refractivity (Wildman–Crippen MR) is 99.2 cm³/mol. The SMILES string of the molecule is O=C(N=C1S[C@H]2CS(=O)(=O)C[C@@H]2N1c1ccccc1C(F)(F)F)[C@@H]1CCCO1. The number of aliphatic imine (C=N–C) groups is 1. The van der Waals surface area contributed by atoms with E-state index in [0.29, 0.717) is 13.0 Å². The zero-order valence-corrected chi connectivity index (χ0v) is 16.2. The Balaban J connectivity index is 1.77. The van der Waals surface area contributed by atoms with E-state index >= 15 is 0 Å². The van der Waals surface area contributed by atoms with Crippen LogP contribution in [0.25, 0.3) is 0 Å². The van der Waals surface area contributed by atoms with Gasteiger partial charge in [0, 0.05) is 11.9 Å². The Bertz CT molecular complexity index is 927. The Hall–Kier alpha value is -1.59. The number of fused-ring (bicyclic) bond motifs is 1. The molecule has 0 bridgehead atoms. The maximum atomic E-state index is 13.6. The summed E-state index contributed by atoms with van der Waals surface area (Å²) in [6.07, 6.45) is -4.09. The molecule has 0 saturated carbocycles. The molecule has 3 aliphatic heterocycles. The monoisotopic (exact) mass is 434 g/mol. The number of hydrogen-bond donors (Lipinski definition) is 0. The minimum absolute atomic E-state index is 0.0992. The molecule has 3 heterocycles. The minimum Gasteiger partial charge on any atom is -0.368 e. The molecule has 3 atom stereocenters. The van der Waals surface area contributed by atoms with E-state index in [2.05, 4.69) is 4.99 Å². The summed E-state index contributed by atoms with van der Waals surface area (Å²) in [5.74, 6) is -0.971. The quantitative estimate of drug-likeness (QED) is 0.712. The summed E-state index contributed by atoms with van der Waals surface area (Å²) in [4.78, 5) is 17.7. The second-order valence-electron chi connectivity index (χ2n) is 6.92. The fraction of sp³-hybridized carbons (Fsp3) is 0.529.